The molecule has 4 aromatic rings. The highest BCUT2D eigenvalue weighted by Crippen LogP contribution is 2.43. The van der Waals surface area contributed by atoms with Crippen molar-refractivity contribution in [1.82, 2.24) is 10.3 Å². The molecular weight excluding hydrogens is 557 g/mol. The Hall–Kier alpha value is -3.07. The topological polar surface area (TPSA) is 74.6 Å². The molecule has 0 bridgehead atoms. The summed E-state index contributed by atoms with van der Waals surface area (Å²) in [5.41, 5.74) is 3.91. The van der Waals surface area contributed by atoms with Gasteiger partial charge in [-0.3, -0.25) is 0 Å². The molecular formula is C31H30Cl2F2N2O3. The lowest BCUT2D eigenvalue weighted by Crippen LogP contribution is -2.18. The number of methoxy groups -OCH3 is 1. The Balaban J connectivity index is 1.71. The number of halogens is 4. The molecule has 1 heterocycles. The minimum atomic E-state index is -1.00. The fraction of sp³-hybridized carbons (Fsp3) is 0.258. The van der Waals surface area contributed by atoms with Gasteiger partial charge in [-0.15, -0.1) is 0 Å². The van der Waals surface area contributed by atoms with Crippen LogP contribution >= 0.6 is 23.2 Å². The molecule has 1 aromatic heterocycles. The van der Waals surface area contributed by atoms with Crippen molar-refractivity contribution >= 4 is 23.2 Å². The minimum Gasteiger partial charge on any atom is -0.481 e. The predicted molar refractivity (Wildman–Crippen MR) is 156 cm³/mol. The monoisotopic (exact) mass is 586 g/mol. The van der Waals surface area contributed by atoms with Crippen LogP contribution < -0.4 is 10.1 Å². The largest absolute Gasteiger partial charge is 0.481 e. The third-order valence-corrected chi connectivity index (χ3v) is 7.42. The second kappa shape index (κ2) is 14.0. The van der Waals surface area contributed by atoms with Gasteiger partial charge in [0.1, 0.15) is 0 Å². The summed E-state index contributed by atoms with van der Waals surface area (Å²) in [7, 11) is 1.56. The Labute approximate surface area is 242 Å². The van der Waals surface area contributed by atoms with Crippen LogP contribution in [0.25, 0.3) is 33.5 Å². The van der Waals surface area contributed by atoms with E-state index in [0.717, 1.165) is 18.4 Å². The Bertz CT molecular complexity index is 1480. The number of rotatable bonds is 12. The van der Waals surface area contributed by atoms with Gasteiger partial charge in [-0.05, 0) is 25.3 Å². The summed E-state index contributed by atoms with van der Waals surface area (Å²) in [6.07, 6.45) is 2.23. The average Bonchev–Trinajstić information content (AvgIpc) is 2.96. The quantitative estimate of drug-likeness (QED) is 0.155. The van der Waals surface area contributed by atoms with Crippen molar-refractivity contribution in [3.05, 3.63) is 93.5 Å². The number of benzene rings is 3. The van der Waals surface area contributed by atoms with Crippen molar-refractivity contribution in [2.45, 2.75) is 25.8 Å². The second-order valence-corrected chi connectivity index (χ2v) is 9.94. The molecule has 0 atom stereocenters. The summed E-state index contributed by atoms with van der Waals surface area (Å²) < 4.78 is 35.5. The van der Waals surface area contributed by atoms with E-state index >= 15 is 4.39 Å². The van der Waals surface area contributed by atoms with Crippen LogP contribution in [0.2, 0.25) is 10.0 Å². The van der Waals surface area contributed by atoms with Gasteiger partial charge in [-0.1, -0.05) is 77.8 Å². The van der Waals surface area contributed by atoms with Gasteiger partial charge in [0, 0.05) is 58.6 Å². The van der Waals surface area contributed by atoms with Gasteiger partial charge < -0.3 is 20.3 Å². The molecule has 210 valence electrons. The highest BCUT2D eigenvalue weighted by Gasteiger charge is 2.20. The zero-order valence-corrected chi connectivity index (χ0v) is 23.5. The number of nitrogens with zero attached hydrogens (tertiary/aromatic N) is 1. The number of hydrogen-bond donors (Lipinski definition) is 3. The third kappa shape index (κ3) is 6.45. The van der Waals surface area contributed by atoms with E-state index in [-0.39, 0.29) is 42.5 Å². The summed E-state index contributed by atoms with van der Waals surface area (Å²) in [4.78, 5) is 4.67. The van der Waals surface area contributed by atoms with Crippen molar-refractivity contribution in [2.24, 2.45) is 0 Å². The van der Waals surface area contributed by atoms with Crippen LogP contribution in [-0.2, 0) is 13.0 Å². The van der Waals surface area contributed by atoms with Gasteiger partial charge in [0.2, 0.25) is 5.88 Å². The zero-order chi connectivity index (χ0) is 28.6. The van der Waals surface area contributed by atoms with Crippen LogP contribution in [0.4, 0.5) is 8.78 Å². The molecule has 0 unspecified atom stereocenters. The SMILES string of the molecule is COc1nc(-c2cccc(-c3cccc(-c4ccc(CNCCO)c(F)c4F)c3Cl)c2Cl)ccc1CCCCO. The lowest BCUT2D eigenvalue weighted by atomic mass is 9.95. The number of nitrogens with one attached hydrogen (secondary N) is 1. The number of unbranched alkanes of at least 4 members (excludes halogenated alkanes) is 1. The van der Waals surface area contributed by atoms with E-state index in [2.05, 4.69) is 10.3 Å². The second-order valence-electron chi connectivity index (χ2n) is 9.18. The molecule has 40 heavy (non-hydrogen) atoms. The molecule has 0 fully saturated rings. The van der Waals surface area contributed by atoms with Gasteiger partial charge in [0.25, 0.3) is 0 Å². The summed E-state index contributed by atoms with van der Waals surface area (Å²) in [6, 6.07) is 17.4. The maximum absolute atomic E-state index is 15.2. The summed E-state index contributed by atoms with van der Waals surface area (Å²) >= 11 is 13.7. The van der Waals surface area contributed by atoms with E-state index in [1.165, 1.54) is 12.1 Å². The number of hydrogen-bond acceptors (Lipinski definition) is 5. The summed E-state index contributed by atoms with van der Waals surface area (Å²) in [5.74, 6) is -1.48. The molecule has 5 nitrogen and oxygen atoms in total. The molecule has 0 spiro atoms. The van der Waals surface area contributed by atoms with Gasteiger partial charge in [0.05, 0.1) is 29.5 Å². The minimum absolute atomic E-state index is 0.0331. The van der Waals surface area contributed by atoms with Crippen LogP contribution in [-0.4, -0.2) is 42.1 Å². The molecule has 0 aliphatic heterocycles. The standard InChI is InChI=1S/C31H30Cl2F2N2O3/c1-40-31-19(6-2-3-16-38)12-14-26(37-31)25-10-5-8-22(28(25)33)21-7-4-9-23(27(21)32)24-13-11-20(18-36-15-17-39)29(34)30(24)35/h4-5,7-14,36,38-39H,2-3,6,15-18H2,1H3. The fourth-order valence-corrected chi connectivity index (χ4v) is 5.19. The average molecular weight is 587 g/mol. The maximum atomic E-state index is 15.2. The molecule has 0 saturated heterocycles. The van der Waals surface area contributed by atoms with E-state index in [1.54, 1.807) is 25.3 Å². The third-order valence-electron chi connectivity index (χ3n) is 6.61. The molecule has 0 amide bonds. The van der Waals surface area contributed by atoms with Crippen molar-refractivity contribution in [3.8, 4) is 39.4 Å². The van der Waals surface area contributed by atoms with Crippen LogP contribution in [0.5, 0.6) is 5.88 Å². The van der Waals surface area contributed by atoms with Gasteiger partial charge in [-0.2, -0.15) is 0 Å². The lowest BCUT2D eigenvalue weighted by Gasteiger charge is -2.16. The first kappa shape index (κ1) is 29.9. The number of aliphatic hydroxyl groups excluding tert-OH is 2. The Morgan fingerprint density at radius 2 is 1.38 bits per heavy atom. The zero-order valence-electron chi connectivity index (χ0n) is 22.0. The Kier molecular flexibility index (Phi) is 10.5. The summed E-state index contributed by atoms with van der Waals surface area (Å²) in [6.45, 7) is 0.389. The van der Waals surface area contributed by atoms with Gasteiger partial charge >= 0.3 is 0 Å². The number of aryl methyl sites for hydroxylation is 1. The fourth-order valence-electron chi connectivity index (χ4n) is 4.54. The first-order chi connectivity index (χ1) is 19.4. The molecule has 3 N–H and O–H groups in total. The normalized spacial score (nSPS) is 11.2. The van der Waals surface area contributed by atoms with E-state index in [1.807, 2.05) is 30.3 Å². The number of pyridine rings is 1. The summed E-state index contributed by atoms with van der Waals surface area (Å²) in [5, 5.41) is 21.5. The molecule has 0 aliphatic rings. The van der Waals surface area contributed by atoms with Gasteiger partial charge in [0.15, 0.2) is 11.6 Å². The van der Waals surface area contributed by atoms with E-state index in [0.29, 0.717) is 45.3 Å². The molecule has 0 saturated carbocycles. The van der Waals surface area contributed by atoms with Crippen molar-refractivity contribution < 1.29 is 23.7 Å². The Morgan fingerprint density at radius 3 is 2.02 bits per heavy atom. The molecule has 3 aromatic carbocycles. The van der Waals surface area contributed by atoms with Crippen LogP contribution in [0.15, 0.2) is 60.7 Å². The predicted octanol–water partition coefficient (Wildman–Crippen LogP) is 7.07. The number of aromatic nitrogens is 1. The van der Waals surface area contributed by atoms with Crippen molar-refractivity contribution in [3.63, 3.8) is 0 Å². The molecule has 4 rings (SSSR count). The van der Waals surface area contributed by atoms with Crippen molar-refractivity contribution in [1.29, 1.82) is 0 Å². The molecule has 0 radical (unpaired) electrons. The smallest absolute Gasteiger partial charge is 0.216 e. The molecule has 9 heteroatoms. The van der Waals surface area contributed by atoms with Crippen molar-refractivity contribution in [2.75, 3.05) is 26.9 Å². The maximum Gasteiger partial charge on any atom is 0.216 e. The first-order valence-electron chi connectivity index (χ1n) is 12.9. The van der Waals surface area contributed by atoms with Gasteiger partial charge in [-0.25, -0.2) is 13.8 Å². The van der Waals surface area contributed by atoms with E-state index in [9.17, 15) is 4.39 Å². The highest BCUT2D eigenvalue weighted by molar-refractivity contribution is 6.39. The van der Waals surface area contributed by atoms with Crippen LogP contribution in [0.3, 0.4) is 0 Å². The van der Waals surface area contributed by atoms with E-state index in [4.69, 9.17) is 38.2 Å². The number of aliphatic hydroxyl groups is 2. The van der Waals surface area contributed by atoms with E-state index < -0.39 is 11.6 Å². The Morgan fingerprint density at radius 1 is 0.750 bits per heavy atom. The lowest BCUT2D eigenvalue weighted by molar-refractivity contribution is 0.284. The molecule has 0 aliphatic carbocycles. The van der Waals surface area contributed by atoms with Crippen LogP contribution in [0.1, 0.15) is 24.0 Å². The number of ether oxygens (including phenoxy) is 1. The van der Waals surface area contributed by atoms with Crippen LogP contribution in [0, 0.1) is 11.6 Å². The first-order valence-corrected chi connectivity index (χ1v) is 13.7. The highest BCUT2D eigenvalue weighted by atomic mass is 35.5.